The number of aryl methyl sites for hydroxylation is 1. The van der Waals surface area contributed by atoms with Gasteiger partial charge in [0.2, 0.25) is 5.91 Å². The van der Waals surface area contributed by atoms with E-state index in [1.165, 1.54) is 0 Å². The summed E-state index contributed by atoms with van der Waals surface area (Å²) in [5, 5.41) is 9.74. The number of hydrogen-bond acceptors (Lipinski definition) is 3. The van der Waals surface area contributed by atoms with Crippen molar-refractivity contribution >= 4 is 11.9 Å². The van der Waals surface area contributed by atoms with Crippen molar-refractivity contribution in [2.45, 2.75) is 51.6 Å². The predicted molar refractivity (Wildman–Crippen MR) is 96.3 cm³/mol. The summed E-state index contributed by atoms with van der Waals surface area (Å²) in [4.78, 5) is 28.8. The monoisotopic (exact) mass is 344 g/mol. The Morgan fingerprint density at radius 1 is 1.24 bits per heavy atom. The largest absolute Gasteiger partial charge is 0.481 e. The molecule has 5 nitrogen and oxygen atoms in total. The first kappa shape index (κ1) is 17.9. The molecule has 1 amide bonds. The Hall–Kier alpha value is -1.88. The smallest absolute Gasteiger partial charge is 0.308 e. The Morgan fingerprint density at radius 2 is 1.96 bits per heavy atom. The van der Waals surface area contributed by atoms with E-state index in [1.807, 2.05) is 36.1 Å². The first-order valence-electron chi connectivity index (χ1n) is 9.34. The van der Waals surface area contributed by atoms with Crippen molar-refractivity contribution in [1.82, 2.24) is 9.80 Å². The minimum atomic E-state index is -0.804. The summed E-state index contributed by atoms with van der Waals surface area (Å²) in [6.07, 6.45) is 2.98. The topological polar surface area (TPSA) is 60.9 Å². The molecule has 3 atom stereocenters. The maximum atomic E-state index is 12.7. The number of amides is 1. The second-order valence-corrected chi connectivity index (χ2v) is 7.31. The van der Waals surface area contributed by atoms with E-state index in [0.29, 0.717) is 25.4 Å². The predicted octanol–water partition coefficient (Wildman–Crippen LogP) is 2.84. The highest BCUT2D eigenvalue weighted by atomic mass is 16.4. The number of nitrogens with zero attached hydrogens (tertiary/aromatic N) is 2. The number of piperidine rings is 1. The van der Waals surface area contributed by atoms with Gasteiger partial charge in [0.1, 0.15) is 0 Å². The average molecular weight is 344 g/mol. The molecule has 0 aromatic heterocycles. The van der Waals surface area contributed by atoms with E-state index in [2.05, 4.69) is 11.8 Å². The van der Waals surface area contributed by atoms with E-state index in [9.17, 15) is 14.7 Å². The number of carboxylic acid groups (broad SMARTS) is 1. The first-order chi connectivity index (χ1) is 12.0. The zero-order chi connectivity index (χ0) is 18.0. The third-order valence-corrected chi connectivity index (χ3v) is 5.76. The van der Waals surface area contributed by atoms with E-state index in [0.717, 1.165) is 37.1 Å². The molecule has 2 saturated heterocycles. The lowest BCUT2D eigenvalue weighted by molar-refractivity contribution is -0.152. The number of carbonyl (C=O) groups is 2. The van der Waals surface area contributed by atoms with Crippen LogP contribution in [0.25, 0.3) is 0 Å². The molecule has 2 aliphatic heterocycles. The second kappa shape index (κ2) is 7.56. The third-order valence-electron chi connectivity index (χ3n) is 5.76. The molecule has 1 aromatic carbocycles. The van der Waals surface area contributed by atoms with Gasteiger partial charge in [0.25, 0.3) is 0 Å². The Kier molecular flexibility index (Phi) is 5.42. The maximum Gasteiger partial charge on any atom is 0.308 e. The number of carbonyl (C=O) groups excluding carboxylic acids is 1. The SMILES string of the molecule is CCN1CCC[C@@H]1CN1C(=O)CC[C@H](C(=O)O)[C@@H]1c1ccc(C)cc1. The maximum absolute atomic E-state index is 12.7. The van der Waals surface area contributed by atoms with E-state index >= 15 is 0 Å². The Bertz CT molecular complexity index is 628. The first-order valence-corrected chi connectivity index (χ1v) is 9.34. The number of carboxylic acids is 1. The zero-order valence-corrected chi connectivity index (χ0v) is 15.1. The molecule has 0 aliphatic carbocycles. The minimum absolute atomic E-state index is 0.0889. The van der Waals surface area contributed by atoms with Crippen molar-refractivity contribution in [1.29, 1.82) is 0 Å². The highest BCUT2D eigenvalue weighted by Gasteiger charge is 2.42. The summed E-state index contributed by atoms with van der Waals surface area (Å²) in [6, 6.07) is 7.94. The molecule has 0 bridgehead atoms. The van der Waals surface area contributed by atoms with Crippen molar-refractivity contribution in [2.24, 2.45) is 5.92 Å². The van der Waals surface area contributed by atoms with Gasteiger partial charge in [-0.25, -0.2) is 0 Å². The lowest BCUT2D eigenvalue weighted by atomic mass is 9.83. The van der Waals surface area contributed by atoms with E-state index < -0.39 is 11.9 Å². The van der Waals surface area contributed by atoms with Crippen LogP contribution in [0.1, 0.15) is 49.8 Å². The van der Waals surface area contributed by atoms with Gasteiger partial charge in [0.15, 0.2) is 0 Å². The van der Waals surface area contributed by atoms with E-state index in [-0.39, 0.29) is 11.9 Å². The summed E-state index contributed by atoms with van der Waals surface area (Å²) < 4.78 is 0. The quantitative estimate of drug-likeness (QED) is 0.892. The highest BCUT2D eigenvalue weighted by Crippen LogP contribution is 2.38. The standard InChI is InChI=1S/C20H28N2O3/c1-3-21-12-4-5-16(21)13-22-18(23)11-10-17(20(24)25)19(22)15-8-6-14(2)7-9-15/h6-9,16-17,19H,3-5,10-13H2,1-2H3,(H,24,25)/t16-,17+,19+/m1/s1. The van der Waals surface area contributed by atoms with Crippen LogP contribution in [0.5, 0.6) is 0 Å². The zero-order valence-electron chi connectivity index (χ0n) is 15.1. The summed E-state index contributed by atoms with van der Waals surface area (Å²) in [5.41, 5.74) is 2.07. The fraction of sp³-hybridized carbons (Fsp3) is 0.600. The summed E-state index contributed by atoms with van der Waals surface area (Å²) in [6.45, 7) is 6.84. The molecule has 2 fully saturated rings. The van der Waals surface area contributed by atoms with Crippen LogP contribution in [0.2, 0.25) is 0 Å². The second-order valence-electron chi connectivity index (χ2n) is 7.31. The molecule has 1 N–H and O–H groups in total. The molecule has 0 spiro atoms. The molecule has 25 heavy (non-hydrogen) atoms. The van der Waals surface area contributed by atoms with Crippen molar-refractivity contribution in [2.75, 3.05) is 19.6 Å². The van der Waals surface area contributed by atoms with Crippen LogP contribution >= 0.6 is 0 Å². The number of hydrogen-bond donors (Lipinski definition) is 1. The number of likely N-dealkylation sites (N-methyl/N-ethyl adjacent to an activating group) is 1. The molecule has 0 radical (unpaired) electrons. The van der Waals surface area contributed by atoms with Gasteiger partial charge in [0, 0.05) is 19.0 Å². The molecule has 2 aliphatic rings. The van der Waals surface area contributed by atoms with Crippen molar-refractivity contribution in [3.63, 3.8) is 0 Å². The normalized spacial score (nSPS) is 27.7. The fourth-order valence-corrected chi connectivity index (χ4v) is 4.35. The van der Waals surface area contributed by atoms with Gasteiger partial charge >= 0.3 is 5.97 Å². The van der Waals surface area contributed by atoms with Crippen LogP contribution in [0.4, 0.5) is 0 Å². The molecule has 1 aromatic rings. The van der Waals surface area contributed by atoms with Gasteiger partial charge in [-0.05, 0) is 44.8 Å². The molecule has 0 saturated carbocycles. The van der Waals surface area contributed by atoms with Crippen LogP contribution in [-0.2, 0) is 9.59 Å². The lowest BCUT2D eigenvalue weighted by Gasteiger charge is -2.42. The summed E-state index contributed by atoms with van der Waals surface area (Å²) in [7, 11) is 0. The van der Waals surface area contributed by atoms with Crippen molar-refractivity contribution in [3.8, 4) is 0 Å². The molecule has 136 valence electrons. The number of likely N-dealkylation sites (tertiary alicyclic amines) is 2. The van der Waals surface area contributed by atoms with Gasteiger partial charge in [-0.3, -0.25) is 14.5 Å². The van der Waals surface area contributed by atoms with Crippen molar-refractivity contribution in [3.05, 3.63) is 35.4 Å². The minimum Gasteiger partial charge on any atom is -0.481 e. The number of benzene rings is 1. The Morgan fingerprint density at radius 3 is 2.60 bits per heavy atom. The Labute approximate surface area is 149 Å². The summed E-state index contributed by atoms with van der Waals surface area (Å²) >= 11 is 0. The number of aliphatic carboxylic acids is 1. The van der Waals surface area contributed by atoms with Crippen LogP contribution in [-0.4, -0.2) is 52.5 Å². The third kappa shape index (κ3) is 3.71. The molecule has 3 rings (SSSR count). The van der Waals surface area contributed by atoms with Gasteiger partial charge in [-0.1, -0.05) is 36.8 Å². The number of rotatable bonds is 5. The van der Waals surface area contributed by atoms with Gasteiger partial charge in [0.05, 0.1) is 12.0 Å². The van der Waals surface area contributed by atoms with E-state index in [4.69, 9.17) is 0 Å². The van der Waals surface area contributed by atoms with Gasteiger partial charge in [-0.2, -0.15) is 0 Å². The Balaban J connectivity index is 1.91. The lowest BCUT2D eigenvalue weighted by Crippen LogP contribution is -2.50. The summed E-state index contributed by atoms with van der Waals surface area (Å²) in [5.74, 6) is -1.25. The molecule has 0 unspecified atom stereocenters. The van der Waals surface area contributed by atoms with Crippen molar-refractivity contribution < 1.29 is 14.7 Å². The highest BCUT2D eigenvalue weighted by molar-refractivity contribution is 5.81. The van der Waals surface area contributed by atoms with Gasteiger partial charge in [-0.15, -0.1) is 0 Å². The average Bonchev–Trinajstić information content (AvgIpc) is 3.04. The van der Waals surface area contributed by atoms with Crippen LogP contribution in [0.15, 0.2) is 24.3 Å². The van der Waals surface area contributed by atoms with Crippen LogP contribution < -0.4 is 0 Å². The fourth-order valence-electron chi connectivity index (χ4n) is 4.35. The molecule has 5 heteroatoms. The van der Waals surface area contributed by atoms with Gasteiger partial charge < -0.3 is 10.0 Å². The molecule has 2 heterocycles. The van der Waals surface area contributed by atoms with Crippen LogP contribution in [0, 0.1) is 12.8 Å². The molecular formula is C20H28N2O3. The van der Waals surface area contributed by atoms with Crippen LogP contribution in [0.3, 0.4) is 0 Å². The van der Waals surface area contributed by atoms with E-state index in [1.54, 1.807) is 0 Å². The molecular weight excluding hydrogens is 316 g/mol.